The molecule has 4 aromatic carbocycles. The van der Waals surface area contributed by atoms with E-state index < -0.39 is 45.5 Å². The van der Waals surface area contributed by atoms with Crippen molar-refractivity contribution in [3.8, 4) is 0 Å². The summed E-state index contributed by atoms with van der Waals surface area (Å²) in [6, 6.07) is 19.0. The van der Waals surface area contributed by atoms with Gasteiger partial charge in [0.1, 0.15) is 17.0 Å². The molecule has 7 aliphatic carbocycles. The Morgan fingerprint density at radius 3 is 1.77 bits per heavy atom. The van der Waals surface area contributed by atoms with Gasteiger partial charge in [-0.15, -0.1) is 0 Å². The Morgan fingerprint density at radius 2 is 1.20 bits per heavy atom. The zero-order valence-electron chi connectivity index (χ0n) is 44.5. The maximum Gasteiger partial charge on any atom is 0.311 e. The topological polar surface area (TPSA) is 207 Å². The lowest BCUT2D eigenvalue weighted by Gasteiger charge is -2.52. The van der Waals surface area contributed by atoms with Crippen LogP contribution in [0.15, 0.2) is 72.8 Å². The minimum atomic E-state index is -1.27. The average molecular weight is 1180 g/mol. The number of esters is 2. The third kappa shape index (κ3) is 9.96. The van der Waals surface area contributed by atoms with Crippen molar-refractivity contribution in [1.82, 2.24) is 16.0 Å². The lowest BCUT2D eigenvalue weighted by atomic mass is 9.55. The molecule has 3 aliphatic heterocycles. The lowest BCUT2D eigenvalue weighted by Crippen LogP contribution is -2.62. The molecule has 1 saturated heterocycles. The van der Waals surface area contributed by atoms with Gasteiger partial charge in [0.05, 0.1) is 53.4 Å². The van der Waals surface area contributed by atoms with Crippen molar-refractivity contribution in [3.05, 3.63) is 127 Å². The Morgan fingerprint density at radius 1 is 0.662 bits per heavy atom. The van der Waals surface area contributed by atoms with E-state index in [1.165, 1.54) is 32.4 Å². The van der Waals surface area contributed by atoms with E-state index in [2.05, 4.69) is 26.6 Å². The molecule has 2 spiro atoms. The fourth-order valence-corrected chi connectivity index (χ4v) is 15.5. The molecule has 4 aromatic rings. The van der Waals surface area contributed by atoms with Gasteiger partial charge in [0.25, 0.3) is 5.91 Å². The molecule has 80 heavy (non-hydrogen) atoms. The van der Waals surface area contributed by atoms with Crippen LogP contribution < -0.4 is 32.3 Å². The highest BCUT2D eigenvalue weighted by Gasteiger charge is 2.73. The van der Waals surface area contributed by atoms with E-state index in [4.69, 9.17) is 61.6 Å². The van der Waals surface area contributed by atoms with Gasteiger partial charge < -0.3 is 36.5 Å². The van der Waals surface area contributed by atoms with E-state index in [9.17, 15) is 33.2 Å². The Bertz CT molecular complexity index is 3180. The van der Waals surface area contributed by atoms with Crippen molar-refractivity contribution in [3.63, 3.8) is 0 Å². The van der Waals surface area contributed by atoms with Crippen molar-refractivity contribution in [2.75, 3.05) is 31.4 Å². The van der Waals surface area contributed by atoms with Gasteiger partial charge in [-0.1, -0.05) is 102 Å². The molecule has 3 atom stereocenters. The summed E-state index contributed by atoms with van der Waals surface area (Å²) in [4.78, 5) is 76.9. The Hall–Kier alpha value is -5.62. The highest BCUT2D eigenvalue weighted by molar-refractivity contribution is 6.37. The van der Waals surface area contributed by atoms with Crippen molar-refractivity contribution >= 4 is 105 Å². The number of nitrogens with two attached hydrogens (primary N) is 1. The number of carbonyl (C=O) groups is 6. The molecule has 4 bridgehead atoms. The molecule has 424 valence electrons. The maximum absolute atomic E-state index is 16.1. The summed E-state index contributed by atoms with van der Waals surface area (Å²) in [6.45, 7) is 0.0316. The number of anilines is 2. The predicted molar refractivity (Wildman–Crippen MR) is 303 cm³/mol. The molecule has 3 heterocycles. The van der Waals surface area contributed by atoms with Crippen LogP contribution in [0.1, 0.15) is 137 Å². The number of carbonyl (C=O) groups excluding carboxylic acids is 6. The molecule has 14 rings (SSSR count). The second-order valence-corrected chi connectivity index (χ2v) is 24.7. The van der Waals surface area contributed by atoms with Crippen LogP contribution in [0, 0.1) is 22.5 Å². The second kappa shape index (κ2) is 22.3. The van der Waals surface area contributed by atoms with E-state index in [1.807, 2.05) is 6.07 Å². The maximum atomic E-state index is 16.1. The molecule has 0 aromatic heterocycles. The van der Waals surface area contributed by atoms with Crippen LogP contribution >= 0.6 is 46.4 Å². The van der Waals surface area contributed by atoms with Crippen molar-refractivity contribution in [2.24, 2.45) is 16.6 Å². The summed E-state index contributed by atoms with van der Waals surface area (Å²) < 4.78 is 40.0. The standard InChI is InChI=1S/C33H36Cl2FN3O4.C15H8Cl2FNO.C12H20N2O3/c1-43-29(42)30-12-15-31(16-13-30,17-14-30)39-27(40)26-24(20-6-5-7-22(35)25(20)36)33(32(38-26)10-3-2-4-11-32)21-9-8-19(34)18-23(21)37-28(33)41;16-9-4-5-10-11(15(20)19-13(10)7-9)6-8-2-1-3-12(17)14(8)18;1-17-10(16)11-2-5-12(6-3-11,7-4-11)14-9(15)8-13/h5-9,18,24,26,38H,2-4,10-17H2,1H3,(H,37,41)(H,39,40);1-7H,(H,19,20);2-8,13H2,1H3,(H,14,15)/t24-,26+,30?,31?,33+;;/m0../s1. The summed E-state index contributed by atoms with van der Waals surface area (Å²) in [6.07, 6.45) is 14.5. The second-order valence-electron chi connectivity index (χ2n) is 23.0. The van der Waals surface area contributed by atoms with Crippen LogP contribution in [0.4, 0.5) is 20.2 Å². The molecule has 20 heteroatoms. The molecule has 0 radical (unpaired) electrons. The van der Waals surface area contributed by atoms with Gasteiger partial charge in [0.2, 0.25) is 17.7 Å². The third-order valence-corrected chi connectivity index (χ3v) is 20.1. The largest absolute Gasteiger partial charge is 0.469 e. The first-order valence-electron chi connectivity index (χ1n) is 27.3. The quantitative estimate of drug-likeness (QED) is 0.0727. The molecule has 7 saturated carbocycles. The van der Waals surface area contributed by atoms with Crippen LogP contribution in [0.5, 0.6) is 0 Å². The number of rotatable bonds is 8. The van der Waals surface area contributed by atoms with Crippen LogP contribution in [0.25, 0.3) is 11.6 Å². The molecule has 8 fully saturated rings. The van der Waals surface area contributed by atoms with Gasteiger partial charge in [-0.25, -0.2) is 8.78 Å². The zero-order chi connectivity index (χ0) is 57.0. The van der Waals surface area contributed by atoms with Crippen LogP contribution in [-0.2, 0) is 43.7 Å². The summed E-state index contributed by atoms with van der Waals surface area (Å²) in [5, 5.41) is 16.9. The first-order valence-corrected chi connectivity index (χ1v) is 28.8. The summed E-state index contributed by atoms with van der Waals surface area (Å²) >= 11 is 24.3. The average Bonchev–Trinajstić information content (AvgIpc) is 4.09. The number of fused-ring (bicyclic) bond motifs is 10. The molecule has 0 unspecified atom stereocenters. The highest BCUT2D eigenvalue weighted by Crippen LogP contribution is 2.63. The first-order chi connectivity index (χ1) is 38.2. The smallest absolute Gasteiger partial charge is 0.311 e. The number of methoxy groups -OCH3 is 2. The Labute approximate surface area is 483 Å². The number of nitrogens with one attached hydrogen (secondary N) is 5. The highest BCUT2D eigenvalue weighted by atomic mass is 35.5. The lowest BCUT2D eigenvalue weighted by molar-refractivity contribution is -0.161. The van der Waals surface area contributed by atoms with Gasteiger partial charge in [-0.05, 0) is 143 Å². The molecular weight excluding hydrogens is 1110 g/mol. The minimum absolute atomic E-state index is 0.0223. The van der Waals surface area contributed by atoms with E-state index >= 15 is 4.39 Å². The Balaban J connectivity index is 0.000000160. The molecular formula is C60H64Cl4F2N6O8. The number of ether oxygens (including phenoxy) is 2. The van der Waals surface area contributed by atoms with E-state index in [0.717, 1.165) is 63.4 Å². The normalized spacial score (nSPS) is 29.5. The molecule has 14 nitrogen and oxygen atoms in total. The van der Waals surface area contributed by atoms with Gasteiger partial charge in [-0.2, -0.15) is 0 Å². The summed E-state index contributed by atoms with van der Waals surface area (Å²) in [5.41, 5.74) is 5.45. The van der Waals surface area contributed by atoms with Gasteiger partial charge in [0.15, 0.2) is 0 Å². The minimum Gasteiger partial charge on any atom is -0.469 e. The molecule has 7 N–H and O–H groups in total. The number of amides is 4. The van der Waals surface area contributed by atoms with Crippen molar-refractivity contribution in [1.29, 1.82) is 0 Å². The van der Waals surface area contributed by atoms with Crippen molar-refractivity contribution in [2.45, 2.75) is 143 Å². The molecule has 10 aliphatic rings. The monoisotopic (exact) mass is 1170 g/mol. The summed E-state index contributed by atoms with van der Waals surface area (Å²) in [5.74, 6) is -3.19. The van der Waals surface area contributed by atoms with E-state index in [1.54, 1.807) is 54.6 Å². The third-order valence-electron chi connectivity index (χ3n) is 19.1. The SMILES string of the molecule is COC(=O)C12CCC(NC(=O)CN)(CC1)CC2.COC(=O)C12CCC(NC(=O)[C@@H]3NC4(CCCCC4)[C@@]4(C(=O)Nc5cc(Cl)ccc54)[C@H]3c3cccc(Cl)c3F)(CC1)CC2.O=C1Nc2cc(Cl)ccc2C1=Cc1cccc(Cl)c1F. The fraction of sp³-hybridized carbons (Fsp3) is 0.467. The molecule has 4 amide bonds. The van der Waals surface area contributed by atoms with Gasteiger partial charge >= 0.3 is 11.9 Å². The number of halogens is 6. The number of hydrogen-bond acceptors (Lipinski definition) is 10. The van der Waals surface area contributed by atoms with Gasteiger partial charge in [-0.3, -0.25) is 34.1 Å². The fourth-order valence-electron chi connectivity index (χ4n) is 14.8. The number of hydrogen-bond donors (Lipinski definition) is 6. The van der Waals surface area contributed by atoms with E-state index in [-0.39, 0.29) is 74.2 Å². The predicted octanol–water partition coefficient (Wildman–Crippen LogP) is 11.1. The van der Waals surface area contributed by atoms with Crippen LogP contribution in [-0.4, -0.2) is 79.0 Å². The first kappa shape index (κ1) is 57.6. The Kier molecular flexibility index (Phi) is 16.0. The zero-order valence-corrected chi connectivity index (χ0v) is 47.5. The van der Waals surface area contributed by atoms with Crippen LogP contribution in [0.2, 0.25) is 20.1 Å². The van der Waals surface area contributed by atoms with Crippen molar-refractivity contribution < 1.29 is 47.0 Å². The summed E-state index contributed by atoms with van der Waals surface area (Å²) in [7, 11) is 2.88. The van der Waals surface area contributed by atoms with Gasteiger partial charge in [0, 0.05) is 55.0 Å². The van der Waals surface area contributed by atoms with E-state index in [0.29, 0.717) is 83.9 Å². The van der Waals surface area contributed by atoms with Crippen LogP contribution in [0.3, 0.4) is 0 Å². The number of benzene rings is 4.